The highest BCUT2D eigenvalue weighted by Gasteiger charge is 2.29. The molecule has 6 aromatic heterocycles. The molecule has 0 fully saturated rings. The molecule has 6 heterocycles. The molecule has 0 saturated carbocycles. The van der Waals surface area contributed by atoms with Gasteiger partial charge >= 0.3 is 0 Å². The van der Waals surface area contributed by atoms with Crippen molar-refractivity contribution in [3.63, 3.8) is 0 Å². The molecule has 0 aliphatic heterocycles. The summed E-state index contributed by atoms with van der Waals surface area (Å²) in [6.07, 6.45) is 19.2. The number of benzene rings is 1. The summed E-state index contributed by atoms with van der Waals surface area (Å²) in [4.78, 5) is 74.1. The third kappa shape index (κ3) is 5.49. The number of pyridine rings is 6. The van der Waals surface area contributed by atoms with Gasteiger partial charge in [0.15, 0.2) is 32.6 Å². The Bertz CT molecular complexity index is 2100. The monoisotopic (exact) mass is 636 g/mol. The molecule has 0 bridgehead atoms. The summed E-state index contributed by atoms with van der Waals surface area (Å²) in [5.74, 6) is 0. The SMILES string of the molecule is O=c1ccn(-c2c(-n3ccc(=O)cc3)c(-n3ccc(=O)cc3)c(-n3ccc(=O)cc3)c(-n3ccc(=O)cc3)c2-n2ccc(=O)cc2)cc1. The Kier molecular flexibility index (Phi) is 7.42. The van der Waals surface area contributed by atoms with Gasteiger partial charge in [-0.15, -0.1) is 0 Å². The van der Waals surface area contributed by atoms with Crippen molar-refractivity contribution in [3.8, 4) is 34.1 Å². The number of hydrogen-bond acceptors (Lipinski definition) is 6. The van der Waals surface area contributed by atoms with Crippen LogP contribution in [0.5, 0.6) is 0 Å². The summed E-state index contributed by atoms with van der Waals surface area (Å²) in [5.41, 5.74) is 1.51. The number of nitrogens with zero attached hydrogens (tertiary/aromatic N) is 6. The molecule has 1 aromatic carbocycles. The van der Waals surface area contributed by atoms with E-state index in [1.54, 1.807) is 102 Å². The molecule has 0 aliphatic carbocycles. The standard InChI is InChI=1S/C36H24N6O6/c43-25-1-13-37(14-2-25)31-32(38-15-3-26(44)4-16-38)34(40-19-7-28(46)8-20-40)36(42-23-11-30(48)12-24-42)35(41-21-9-29(47)10-22-41)33(31)39-17-5-27(45)6-18-39/h1-24H. The lowest BCUT2D eigenvalue weighted by Crippen LogP contribution is -2.22. The minimum absolute atomic E-state index is 0.229. The molecule has 234 valence electrons. The second kappa shape index (κ2) is 12.0. The van der Waals surface area contributed by atoms with Gasteiger partial charge in [0, 0.05) is 147 Å². The molecular weight excluding hydrogens is 612 g/mol. The van der Waals surface area contributed by atoms with Crippen LogP contribution in [-0.4, -0.2) is 27.4 Å². The first-order valence-electron chi connectivity index (χ1n) is 14.6. The lowest BCUT2D eigenvalue weighted by atomic mass is 10.0. The van der Waals surface area contributed by atoms with Crippen LogP contribution in [0.25, 0.3) is 34.1 Å². The smallest absolute Gasteiger partial charge is 0.181 e. The van der Waals surface area contributed by atoms with Crippen molar-refractivity contribution in [3.05, 3.63) is 208 Å². The zero-order valence-corrected chi connectivity index (χ0v) is 25.0. The molecule has 0 atom stereocenters. The second-order valence-corrected chi connectivity index (χ2v) is 10.7. The molecule has 0 N–H and O–H groups in total. The average Bonchev–Trinajstić information content (AvgIpc) is 3.10. The van der Waals surface area contributed by atoms with Crippen molar-refractivity contribution >= 4 is 0 Å². The van der Waals surface area contributed by atoms with Gasteiger partial charge in [0.2, 0.25) is 0 Å². The van der Waals surface area contributed by atoms with E-state index in [1.807, 2.05) is 0 Å². The Labute approximate surface area is 269 Å². The lowest BCUT2D eigenvalue weighted by Gasteiger charge is -2.30. The Morgan fingerprint density at radius 3 is 0.417 bits per heavy atom. The van der Waals surface area contributed by atoms with Gasteiger partial charge in [0.05, 0.1) is 34.1 Å². The molecule has 48 heavy (non-hydrogen) atoms. The lowest BCUT2D eigenvalue weighted by molar-refractivity contribution is 0.865. The Morgan fingerprint density at radius 2 is 0.312 bits per heavy atom. The molecule has 0 radical (unpaired) electrons. The highest BCUT2D eigenvalue weighted by atomic mass is 16.1. The van der Waals surface area contributed by atoms with Gasteiger partial charge in [-0.25, -0.2) is 0 Å². The van der Waals surface area contributed by atoms with E-state index in [0.29, 0.717) is 34.1 Å². The fraction of sp³-hybridized carbons (Fsp3) is 0. The summed E-state index contributed by atoms with van der Waals surface area (Å²) in [6.45, 7) is 0. The van der Waals surface area contributed by atoms with E-state index in [2.05, 4.69) is 0 Å². The normalized spacial score (nSPS) is 11.0. The molecule has 0 amide bonds. The zero-order valence-electron chi connectivity index (χ0n) is 25.0. The van der Waals surface area contributed by atoms with E-state index < -0.39 is 0 Å². The minimum Gasteiger partial charge on any atom is -0.320 e. The van der Waals surface area contributed by atoms with Gasteiger partial charge < -0.3 is 27.4 Å². The summed E-state index contributed by atoms with van der Waals surface area (Å²) in [5, 5.41) is 0. The number of hydrogen-bond donors (Lipinski definition) is 0. The Balaban J connectivity index is 1.84. The molecule has 12 heteroatoms. The van der Waals surface area contributed by atoms with Gasteiger partial charge in [0.1, 0.15) is 0 Å². The maximum Gasteiger partial charge on any atom is 0.181 e. The van der Waals surface area contributed by atoms with E-state index in [-0.39, 0.29) is 32.6 Å². The zero-order chi connectivity index (χ0) is 33.4. The van der Waals surface area contributed by atoms with Crippen LogP contribution in [0.4, 0.5) is 0 Å². The average molecular weight is 637 g/mol. The maximum atomic E-state index is 12.4. The van der Waals surface area contributed by atoms with Crippen molar-refractivity contribution in [1.82, 2.24) is 27.4 Å². The molecule has 0 aliphatic rings. The van der Waals surface area contributed by atoms with Gasteiger partial charge in [-0.2, -0.15) is 0 Å². The quantitative estimate of drug-likeness (QED) is 0.276. The third-order valence-electron chi connectivity index (χ3n) is 7.69. The minimum atomic E-state index is -0.229. The van der Waals surface area contributed by atoms with Crippen LogP contribution >= 0.6 is 0 Å². The molecular formula is C36H24N6O6. The Hall–Kier alpha value is -7.08. The predicted molar refractivity (Wildman–Crippen MR) is 180 cm³/mol. The second-order valence-electron chi connectivity index (χ2n) is 10.7. The van der Waals surface area contributed by atoms with E-state index in [9.17, 15) is 28.8 Å². The van der Waals surface area contributed by atoms with Gasteiger partial charge in [-0.3, -0.25) is 28.8 Å². The number of rotatable bonds is 6. The van der Waals surface area contributed by atoms with Crippen LogP contribution in [0.2, 0.25) is 0 Å². The molecule has 7 aromatic rings. The summed E-state index contributed by atoms with van der Waals surface area (Å²) in [7, 11) is 0. The molecule has 7 rings (SSSR count). The first-order valence-corrected chi connectivity index (χ1v) is 14.6. The largest absolute Gasteiger partial charge is 0.320 e. The van der Waals surface area contributed by atoms with Crippen molar-refractivity contribution < 1.29 is 0 Å². The van der Waals surface area contributed by atoms with Crippen LogP contribution in [0.15, 0.2) is 176 Å². The third-order valence-corrected chi connectivity index (χ3v) is 7.69. The molecule has 0 unspecified atom stereocenters. The first-order chi connectivity index (χ1) is 23.3. The van der Waals surface area contributed by atoms with Gasteiger partial charge in [-0.05, 0) is 0 Å². The van der Waals surface area contributed by atoms with Crippen LogP contribution in [0, 0.1) is 0 Å². The van der Waals surface area contributed by atoms with Crippen molar-refractivity contribution in [2.24, 2.45) is 0 Å². The predicted octanol–water partition coefficient (Wildman–Crippen LogP) is 2.59. The number of aromatic nitrogens is 6. The van der Waals surface area contributed by atoms with E-state index in [0.717, 1.165) is 0 Å². The highest BCUT2D eigenvalue weighted by Crippen LogP contribution is 2.42. The first kappa shape index (κ1) is 29.6. The van der Waals surface area contributed by atoms with Gasteiger partial charge in [-0.1, -0.05) is 0 Å². The summed E-state index contributed by atoms with van der Waals surface area (Å²) < 4.78 is 10.4. The van der Waals surface area contributed by atoms with Crippen molar-refractivity contribution in [2.45, 2.75) is 0 Å². The van der Waals surface area contributed by atoms with E-state index >= 15 is 0 Å². The molecule has 0 saturated heterocycles. The van der Waals surface area contributed by atoms with Gasteiger partial charge in [0.25, 0.3) is 0 Å². The topological polar surface area (TPSA) is 132 Å². The van der Waals surface area contributed by atoms with Crippen molar-refractivity contribution in [2.75, 3.05) is 0 Å². The summed E-state index contributed by atoms with van der Waals surface area (Å²) in [6, 6.07) is 16.8. The van der Waals surface area contributed by atoms with Crippen LogP contribution in [0.1, 0.15) is 0 Å². The van der Waals surface area contributed by atoms with E-state index in [1.165, 1.54) is 72.8 Å². The van der Waals surface area contributed by atoms with Crippen LogP contribution < -0.4 is 32.6 Å². The maximum absolute atomic E-state index is 12.4. The van der Waals surface area contributed by atoms with Crippen LogP contribution in [-0.2, 0) is 0 Å². The highest BCUT2D eigenvalue weighted by molar-refractivity contribution is 5.88. The fourth-order valence-electron chi connectivity index (χ4n) is 5.51. The Morgan fingerprint density at radius 1 is 0.208 bits per heavy atom. The molecule has 12 nitrogen and oxygen atoms in total. The van der Waals surface area contributed by atoms with Crippen LogP contribution in [0.3, 0.4) is 0 Å². The van der Waals surface area contributed by atoms with Crippen molar-refractivity contribution in [1.29, 1.82) is 0 Å². The molecule has 0 spiro atoms. The summed E-state index contributed by atoms with van der Waals surface area (Å²) >= 11 is 0. The van der Waals surface area contributed by atoms with E-state index in [4.69, 9.17) is 0 Å². The fourth-order valence-corrected chi connectivity index (χ4v) is 5.51.